The van der Waals surface area contributed by atoms with Gasteiger partial charge in [0, 0.05) is 11.1 Å². The van der Waals surface area contributed by atoms with E-state index in [0.717, 1.165) is 0 Å². The summed E-state index contributed by atoms with van der Waals surface area (Å²) in [5.74, 6) is 0. The van der Waals surface area contributed by atoms with Crippen molar-refractivity contribution in [3.63, 3.8) is 0 Å². The minimum atomic E-state index is -6.34. The van der Waals surface area contributed by atoms with Crippen LogP contribution in [0.25, 0.3) is 10.8 Å². The van der Waals surface area contributed by atoms with E-state index >= 15 is 0 Å². The highest BCUT2D eigenvalue weighted by Gasteiger charge is 2.73. The van der Waals surface area contributed by atoms with Crippen molar-refractivity contribution in [2.75, 3.05) is 0 Å². The van der Waals surface area contributed by atoms with Crippen molar-refractivity contribution < 1.29 is 62.9 Å². The molecule has 2 rings (SSSR count). The Morgan fingerprint density at radius 2 is 0.967 bits per heavy atom. The molecule has 0 spiro atoms. The Kier molecular flexibility index (Phi) is 5.32. The summed E-state index contributed by atoms with van der Waals surface area (Å²) in [5, 5.41) is 16.7. The highest BCUT2D eigenvalue weighted by molar-refractivity contribution is 5.87. The molecule has 0 fully saturated rings. The van der Waals surface area contributed by atoms with Crippen molar-refractivity contribution >= 4 is 10.8 Å². The van der Waals surface area contributed by atoms with Crippen LogP contribution < -0.4 is 0 Å². The van der Waals surface area contributed by atoms with Gasteiger partial charge < -0.3 is 10.2 Å². The summed E-state index contributed by atoms with van der Waals surface area (Å²) in [4.78, 5) is 0. The Bertz CT molecular complexity index is 908. The fourth-order valence-corrected chi connectivity index (χ4v) is 2.78. The third-order valence-corrected chi connectivity index (χ3v) is 4.33. The van der Waals surface area contributed by atoms with Gasteiger partial charge in [-0.3, -0.25) is 0 Å². The Morgan fingerprint density at radius 3 is 1.37 bits per heavy atom. The number of benzene rings is 2. The smallest absolute Gasteiger partial charge is 0.369 e. The molecule has 2 aromatic carbocycles. The minimum absolute atomic E-state index is 0.0625. The van der Waals surface area contributed by atoms with Crippen molar-refractivity contribution in [2.45, 2.75) is 35.9 Å². The number of aliphatic hydroxyl groups is 2. The third kappa shape index (κ3) is 3.35. The highest BCUT2D eigenvalue weighted by Crippen LogP contribution is 2.53. The molecule has 2 nitrogen and oxygen atoms in total. The Balaban J connectivity index is 2.87. The van der Waals surface area contributed by atoms with Gasteiger partial charge >= 0.3 is 24.7 Å². The molecule has 14 heteroatoms. The molecule has 0 radical (unpaired) electrons. The monoisotopic (exact) mass is 460 g/mol. The Labute approximate surface area is 158 Å². The van der Waals surface area contributed by atoms with Crippen LogP contribution in [-0.4, -0.2) is 34.9 Å². The summed E-state index contributed by atoms with van der Waals surface area (Å²) >= 11 is 0. The second-order valence-electron chi connectivity index (χ2n) is 6.15. The van der Waals surface area contributed by atoms with Gasteiger partial charge in [-0.25, -0.2) is 0 Å². The molecule has 2 N–H and O–H groups in total. The van der Waals surface area contributed by atoms with Gasteiger partial charge in [0.2, 0.25) is 0 Å². The van der Waals surface area contributed by atoms with E-state index in [1.807, 2.05) is 0 Å². The van der Waals surface area contributed by atoms with Crippen LogP contribution in [-0.2, 0) is 11.2 Å². The lowest BCUT2D eigenvalue weighted by molar-refractivity contribution is -0.376. The predicted molar refractivity (Wildman–Crippen MR) is 76.0 cm³/mol. The first-order valence-electron chi connectivity index (χ1n) is 7.45. The van der Waals surface area contributed by atoms with Crippen LogP contribution in [0.5, 0.6) is 0 Å². The lowest BCUT2D eigenvalue weighted by atomic mass is 9.85. The number of halogens is 12. The minimum Gasteiger partial charge on any atom is -0.369 e. The molecule has 0 saturated heterocycles. The zero-order chi connectivity index (χ0) is 23.6. The van der Waals surface area contributed by atoms with Gasteiger partial charge in [-0.15, -0.1) is 0 Å². The van der Waals surface area contributed by atoms with Crippen molar-refractivity contribution in [3.05, 3.63) is 47.5 Å². The lowest BCUT2D eigenvalue weighted by Crippen LogP contribution is -2.54. The summed E-state index contributed by atoms with van der Waals surface area (Å²) in [6.07, 6.45) is -25.3. The standard InChI is InChI=1S/C16H8F12O2/c17-13(18,19)11(29,14(20,21)22)8-4-5-9-7(6-8)2-1-3-10(9)12(30,15(23,24)25)16(26,27)28/h1-6,29-30H. The van der Waals surface area contributed by atoms with E-state index < -0.39 is 57.8 Å². The topological polar surface area (TPSA) is 40.5 Å². The van der Waals surface area contributed by atoms with E-state index in [9.17, 15) is 62.9 Å². The zero-order valence-electron chi connectivity index (χ0n) is 13.9. The van der Waals surface area contributed by atoms with Gasteiger partial charge in [-0.2, -0.15) is 52.7 Å². The molecule has 0 atom stereocenters. The average molecular weight is 460 g/mol. The van der Waals surface area contributed by atoms with Crippen LogP contribution in [0.4, 0.5) is 52.7 Å². The van der Waals surface area contributed by atoms with Crippen LogP contribution in [0.1, 0.15) is 11.1 Å². The number of hydrogen-bond donors (Lipinski definition) is 2. The largest absolute Gasteiger partial charge is 0.430 e. The molecule has 2 aromatic rings. The molecular weight excluding hydrogens is 452 g/mol. The third-order valence-electron chi connectivity index (χ3n) is 4.33. The summed E-state index contributed by atoms with van der Waals surface area (Å²) in [5.41, 5.74) is -14.7. The normalized spacial score (nSPS) is 15.0. The Hall–Kier alpha value is -2.22. The molecule has 0 amide bonds. The first-order valence-corrected chi connectivity index (χ1v) is 7.45. The molecule has 0 bridgehead atoms. The quantitative estimate of drug-likeness (QED) is 0.585. The lowest BCUT2D eigenvalue weighted by Gasteiger charge is -2.34. The molecule has 0 unspecified atom stereocenters. The second kappa shape index (κ2) is 6.64. The maximum Gasteiger partial charge on any atom is 0.430 e. The number of fused-ring (bicyclic) bond motifs is 1. The number of alkyl halides is 12. The Morgan fingerprint density at radius 1 is 0.533 bits per heavy atom. The molecule has 0 saturated carbocycles. The fourth-order valence-electron chi connectivity index (χ4n) is 2.78. The molecular formula is C16H8F12O2. The maximum absolute atomic E-state index is 13.1. The van der Waals surface area contributed by atoms with Crippen LogP contribution in [0.3, 0.4) is 0 Å². The molecule has 0 aliphatic rings. The van der Waals surface area contributed by atoms with Crippen LogP contribution >= 0.6 is 0 Å². The van der Waals surface area contributed by atoms with E-state index in [0.29, 0.717) is 12.1 Å². The van der Waals surface area contributed by atoms with Crippen molar-refractivity contribution in [2.24, 2.45) is 0 Å². The van der Waals surface area contributed by atoms with Gasteiger partial charge in [-0.05, 0) is 16.8 Å². The van der Waals surface area contributed by atoms with Crippen molar-refractivity contribution in [1.29, 1.82) is 0 Å². The summed E-state index contributed by atoms with van der Waals surface area (Å²) in [6.45, 7) is 0. The van der Waals surface area contributed by atoms with Gasteiger partial charge in [0.05, 0.1) is 0 Å². The van der Waals surface area contributed by atoms with E-state index in [-0.39, 0.29) is 24.3 Å². The SMILES string of the molecule is OC(c1ccc2c(C(O)(C(F)(F)F)C(F)(F)F)cccc2c1)(C(F)(F)F)C(F)(F)F. The highest BCUT2D eigenvalue weighted by atomic mass is 19.4. The molecule has 168 valence electrons. The van der Waals surface area contributed by atoms with E-state index in [2.05, 4.69) is 0 Å². The van der Waals surface area contributed by atoms with E-state index in [1.165, 1.54) is 0 Å². The zero-order valence-corrected chi connectivity index (χ0v) is 13.9. The predicted octanol–water partition coefficient (Wildman–Crippen LogP) is 5.46. The van der Waals surface area contributed by atoms with Gasteiger partial charge in [0.15, 0.2) is 0 Å². The second-order valence-corrected chi connectivity index (χ2v) is 6.15. The van der Waals surface area contributed by atoms with E-state index in [1.54, 1.807) is 0 Å². The van der Waals surface area contributed by atoms with Crippen molar-refractivity contribution in [3.8, 4) is 0 Å². The summed E-state index contributed by atoms with van der Waals surface area (Å²) in [7, 11) is 0. The molecule has 0 aliphatic heterocycles. The van der Waals surface area contributed by atoms with Gasteiger partial charge in [-0.1, -0.05) is 30.3 Å². The molecule has 0 aromatic heterocycles. The van der Waals surface area contributed by atoms with Crippen LogP contribution in [0.2, 0.25) is 0 Å². The van der Waals surface area contributed by atoms with Gasteiger partial charge in [0.1, 0.15) is 0 Å². The summed E-state index contributed by atoms with van der Waals surface area (Å²) in [6, 6.07) is 1.15. The average Bonchev–Trinajstić information content (AvgIpc) is 2.55. The van der Waals surface area contributed by atoms with Crippen LogP contribution in [0, 0.1) is 0 Å². The van der Waals surface area contributed by atoms with E-state index in [4.69, 9.17) is 0 Å². The first kappa shape index (κ1) is 24.1. The summed E-state index contributed by atoms with van der Waals surface area (Å²) < 4.78 is 156. The fraction of sp³-hybridized carbons (Fsp3) is 0.375. The number of hydrogen-bond acceptors (Lipinski definition) is 2. The molecule has 0 heterocycles. The van der Waals surface area contributed by atoms with Crippen molar-refractivity contribution in [1.82, 2.24) is 0 Å². The first-order chi connectivity index (χ1) is 13.2. The molecule has 30 heavy (non-hydrogen) atoms. The molecule has 0 aliphatic carbocycles. The van der Waals surface area contributed by atoms with Gasteiger partial charge in [0.25, 0.3) is 11.2 Å². The maximum atomic E-state index is 13.1. The number of rotatable bonds is 2. The van der Waals surface area contributed by atoms with Crippen LogP contribution in [0.15, 0.2) is 36.4 Å².